The summed E-state index contributed by atoms with van der Waals surface area (Å²) in [5, 5.41) is 0. The smallest absolute Gasteiger partial charge is 0.313 e. The Bertz CT molecular complexity index is 670. The maximum atomic E-state index is 5.97. The van der Waals surface area contributed by atoms with Crippen LogP contribution in [-0.4, -0.2) is 39.6 Å². The maximum absolute atomic E-state index is 5.97. The third-order valence-corrected chi connectivity index (χ3v) is 6.01. The molecule has 6 saturated heterocycles. The van der Waals surface area contributed by atoms with E-state index in [4.69, 9.17) is 28.4 Å². The topological polar surface area (TPSA) is 55.4 Å². The van der Waals surface area contributed by atoms with Gasteiger partial charge in [-0.05, 0) is 18.2 Å². The average molecular weight is 413 g/mol. The van der Waals surface area contributed by atoms with Gasteiger partial charge in [-0.25, -0.2) is 0 Å². The van der Waals surface area contributed by atoms with Gasteiger partial charge in [0, 0.05) is 20.9 Å². The van der Waals surface area contributed by atoms with Crippen LogP contribution in [0.2, 0.25) is 0 Å². The highest BCUT2D eigenvalue weighted by molar-refractivity contribution is 9.10. The lowest BCUT2D eigenvalue weighted by atomic mass is 9.90. The van der Waals surface area contributed by atoms with Crippen LogP contribution in [0.3, 0.4) is 0 Å². The first-order chi connectivity index (χ1) is 11.9. The maximum Gasteiger partial charge on any atom is 0.313 e. The quantitative estimate of drug-likeness (QED) is 0.744. The summed E-state index contributed by atoms with van der Waals surface area (Å²) in [5.74, 6) is -2.36. The second-order valence-electron chi connectivity index (χ2n) is 8.16. The molecule has 0 amide bonds. The average Bonchev–Trinajstić information content (AvgIpc) is 2.64. The van der Waals surface area contributed by atoms with E-state index >= 15 is 0 Å². The van der Waals surface area contributed by atoms with Crippen LogP contribution in [-0.2, 0) is 40.4 Å². The molecule has 1 aromatic rings. The Kier molecular flexibility index (Phi) is 3.49. The second kappa shape index (κ2) is 5.25. The molecule has 7 rings (SSSR count). The van der Waals surface area contributed by atoms with Crippen molar-refractivity contribution in [3.05, 3.63) is 33.8 Å². The van der Waals surface area contributed by atoms with Crippen LogP contribution in [0.25, 0.3) is 0 Å². The van der Waals surface area contributed by atoms with Gasteiger partial charge in [0.05, 0.1) is 45.2 Å². The molecule has 6 nitrogen and oxygen atoms in total. The number of hydrogen-bond acceptors (Lipinski definition) is 6. The lowest BCUT2D eigenvalue weighted by molar-refractivity contribution is -0.480. The second-order valence-corrected chi connectivity index (χ2v) is 9.01. The molecule has 0 atom stereocenters. The van der Waals surface area contributed by atoms with Gasteiger partial charge in [-0.2, -0.15) is 0 Å². The summed E-state index contributed by atoms with van der Waals surface area (Å²) >= 11 is 3.59. The molecule has 6 heterocycles. The normalized spacial score (nSPS) is 45.7. The van der Waals surface area contributed by atoms with Crippen molar-refractivity contribution in [2.75, 3.05) is 39.6 Å². The largest absolute Gasteiger partial charge is 0.323 e. The fraction of sp³-hybridized carbons (Fsp3) is 0.667. The monoisotopic (exact) mass is 412 g/mol. The van der Waals surface area contributed by atoms with E-state index in [-0.39, 0.29) is 10.8 Å². The van der Waals surface area contributed by atoms with Gasteiger partial charge in [-0.1, -0.05) is 29.8 Å². The highest BCUT2D eigenvalue weighted by Crippen LogP contribution is 2.49. The number of fused-ring (bicyclic) bond motifs is 6. The van der Waals surface area contributed by atoms with Crippen LogP contribution in [0.15, 0.2) is 22.7 Å². The third-order valence-electron chi connectivity index (χ3n) is 5.31. The SMILES string of the molecule is CC12COC(c3ccc(Br)c(C45OCC(C)(CO4)CO5)c3)(OC1)OC2. The Morgan fingerprint density at radius 1 is 0.720 bits per heavy atom. The number of rotatable bonds is 2. The zero-order valence-corrected chi connectivity index (χ0v) is 15.9. The van der Waals surface area contributed by atoms with Gasteiger partial charge in [-0.3, -0.25) is 0 Å². The Morgan fingerprint density at radius 3 is 1.64 bits per heavy atom. The molecule has 0 aromatic heterocycles. The highest BCUT2D eigenvalue weighted by Gasteiger charge is 2.55. The molecule has 0 saturated carbocycles. The minimum absolute atomic E-state index is 0.0782. The van der Waals surface area contributed by atoms with E-state index in [1.165, 1.54) is 0 Å². The first-order valence-electron chi connectivity index (χ1n) is 8.51. The Balaban J connectivity index is 1.52. The molecular weight excluding hydrogens is 392 g/mol. The number of ether oxygens (including phenoxy) is 6. The molecular formula is C18H21BrO6. The van der Waals surface area contributed by atoms with E-state index in [9.17, 15) is 0 Å². The molecule has 0 N–H and O–H groups in total. The highest BCUT2D eigenvalue weighted by atomic mass is 79.9. The molecule has 0 radical (unpaired) electrons. The molecule has 1 aromatic carbocycles. The van der Waals surface area contributed by atoms with Crippen molar-refractivity contribution in [3.63, 3.8) is 0 Å². The summed E-state index contributed by atoms with van der Waals surface area (Å²) in [6.45, 7) is 7.78. The lowest BCUT2D eigenvalue weighted by Crippen LogP contribution is -2.58. The van der Waals surface area contributed by atoms with Gasteiger partial charge < -0.3 is 28.4 Å². The van der Waals surface area contributed by atoms with Crippen LogP contribution in [0, 0.1) is 10.8 Å². The van der Waals surface area contributed by atoms with Crippen LogP contribution in [0.5, 0.6) is 0 Å². The van der Waals surface area contributed by atoms with Crippen LogP contribution >= 0.6 is 15.9 Å². The van der Waals surface area contributed by atoms with Crippen molar-refractivity contribution in [2.45, 2.75) is 25.8 Å². The zero-order valence-electron chi connectivity index (χ0n) is 14.3. The molecule has 4 bridgehead atoms. The molecule has 0 spiro atoms. The van der Waals surface area contributed by atoms with Crippen LogP contribution < -0.4 is 0 Å². The predicted molar refractivity (Wildman–Crippen MR) is 89.4 cm³/mol. The molecule has 6 aliphatic heterocycles. The van der Waals surface area contributed by atoms with E-state index in [1.807, 2.05) is 18.2 Å². The Morgan fingerprint density at radius 2 is 1.16 bits per heavy atom. The Labute approximate surface area is 154 Å². The third kappa shape index (κ3) is 2.45. The molecule has 0 aliphatic carbocycles. The molecule has 7 heteroatoms. The van der Waals surface area contributed by atoms with Crippen molar-refractivity contribution < 1.29 is 28.4 Å². The van der Waals surface area contributed by atoms with Gasteiger partial charge >= 0.3 is 11.9 Å². The molecule has 6 aliphatic rings. The lowest BCUT2D eigenvalue weighted by Gasteiger charge is -2.52. The summed E-state index contributed by atoms with van der Waals surface area (Å²) in [4.78, 5) is 0. The fourth-order valence-electron chi connectivity index (χ4n) is 3.55. The van der Waals surface area contributed by atoms with Crippen molar-refractivity contribution in [3.8, 4) is 0 Å². The summed E-state index contributed by atoms with van der Waals surface area (Å²) in [6, 6.07) is 5.77. The van der Waals surface area contributed by atoms with Gasteiger partial charge in [0.15, 0.2) is 0 Å². The van der Waals surface area contributed by atoms with Crippen LogP contribution in [0.1, 0.15) is 25.0 Å². The van der Waals surface area contributed by atoms with Gasteiger partial charge in [0.25, 0.3) is 0 Å². The van der Waals surface area contributed by atoms with E-state index in [0.717, 1.165) is 15.6 Å². The first kappa shape index (κ1) is 16.6. The minimum Gasteiger partial charge on any atom is -0.323 e. The van der Waals surface area contributed by atoms with E-state index in [0.29, 0.717) is 39.6 Å². The fourth-order valence-corrected chi connectivity index (χ4v) is 4.04. The van der Waals surface area contributed by atoms with Gasteiger partial charge in [0.2, 0.25) is 0 Å². The van der Waals surface area contributed by atoms with E-state index in [2.05, 4.69) is 29.8 Å². The summed E-state index contributed by atoms with van der Waals surface area (Å²) in [7, 11) is 0. The first-order valence-corrected chi connectivity index (χ1v) is 9.30. The Hall–Kier alpha value is -0.540. The van der Waals surface area contributed by atoms with Gasteiger partial charge in [-0.15, -0.1) is 0 Å². The summed E-state index contributed by atoms with van der Waals surface area (Å²) < 4.78 is 36.6. The van der Waals surface area contributed by atoms with Crippen molar-refractivity contribution in [1.29, 1.82) is 0 Å². The summed E-state index contributed by atoms with van der Waals surface area (Å²) in [5.41, 5.74) is 1.37. The van der Waals surface area contributed by atoms with Crippen molar-refractivity contribution in [1.82, 2.24) is 0 Å². The minimum atomic E-state index is -1.19. The number of halogens is 1. The van der Waals surface area contributed by atoms with E-state index < -0.39 is 11.9 Å². The van der Waals surface area contributed by atoms with Crippen LogP contribution in [0.4, 0.5) is 0 Å². The van der Waals surface area contributed by atoms with Crippen molar-refractivity contribution >= 4 is 15.9 Å². The van der Waals surface area contributed by atoms with E-state index in [1.54, 1.807) is 0 Å². The zero-order chi connectivity index (χ0) is 17.3. The molecule has 6 fully saturated rings. The molecule has 136 valence electrons. The van der Waals surface area contributed by atoms with Gasteiger partial charge in [0.1, 0.15) is 0 Å². The van der Waals surface area contributed by atoms with Crippen molar-refractivity contribution in [2.24, 2.45) is 10.8 Å². The molecule has 0 unspecified atom stereocenters. The number of benzene rings is 1. The standard InChI is InChI=1S/C18H21BrO6/c1-15-6-20-17(21-7-15,22-8-15)12-3-4-14(19)13(5-12)18-23-9-16(2,10-24-18)11-25-18/h3-5H,6-11H2,1-2H3. The predicted octanol–water partition coefficient (Wildman–Crippen LogP) is 2.84. The number of hydrogen-bond donors (Lipinski definition) is 0. The summed E-state index contributed by atoms with van der Waals surface area (Å²) in [6.07, 6.45) is 0. The molecule has 25 heavy (non-hydrogen) atoms.